The molecule has 2 heterocycles. The standard InChI is InChI=1S/C13H14N2O4S/c1-8(13(17)18)5-15(2)12(16)10-7-20-11(14-10)9-3-4-19-6-9/h3-4,6-8H,5H2,1-2H3,(H,17,18). The molecular weight excluding hydrogens is 280 g/mol. The maximum absolute atomic E-state index is 12.1. The monoisotopic (exact) mass is 294 g/mol. The van der Waals surface area contributed by atoms with Crippen molar-refractivity contribution < 1.29 is 19.1 Å². The minimum atomic E-state index is -0.929. The second kappa shape index (κ2) is 5.87. The summed E-state index contributed by atoms with van der Waals surface area (Å²) in [6.45, 7) is 1.71. The van der Waals surface area contributed by atoms with E-state index >= 15 is 0 Å². The Morgan fingerprint density at radius 3 is 2.90 bits per heavy atom. The second-order valence-electron chi connectivity index (χ2n) is 4.47. The summed E-state index contributed by atoms with van der Waals surface area (Å²) in [5, 5.41) is 11.2. The molecule has 7 heteroatoms. The summed E-state index contributed by atoms with van der Waals surface area (Å²) in [4.78, 5) is 28.5. The van der Waals surface area contributed by atoms with Gasteiger partial charge in [0.05, 0.1) is 12.2 Å². The molecule has 0 saturated carbocycles. The summed E-state index contributed by atoms with van der Waals surface area (Å²) in [6, 6.07) is 1.77. The largest absolute Gasteiger partial charge is 0.481 e. The molecule has 2 aromatic rings. The number of furan rings is 1. The third kappa shape index (κ3) is 3.05. The highest BCUT2D eigenvalue weighted by atomic mass is 32.1. The van der Waals surface area contributed by atoms with Gasteiger partial charge in [0.1, 0.15) is 17.0 Å². The topological polar surface area (TPSA) is 83.6 Å². The number of carbonyl (C=O) groups excluding carboxylic acids is 1. The Kier molecular flexibility index (Phi) is 4.19. The minimum Gasteiger partial charge on any atom is -0.481 e. The van der Waals surface area contributed by atoms with Crippen molar-refractivity contribution in [3.8, 4) is 10.6 Å². The van der Waals surface area contributed by atoms with Crippen molar-refractivity contribution in [1.29, 1.82) is 0 Å². The number of hydrogen-bond acceptors (Lipinski definition) is 5. The van der Waals surface area contributed by atoms with Gasteiger partial charge in [-0.3, -0.25) is 9.59 Å². The first-order valence-corrected chi connectivity index (χ1v) is 6.83. The van der Waals surface area contributed by atoms with Crippen molar-refractivity contribution >= 4 is 23.2 Å². The van der Waals surface area contributed by atoms with Crippen LogP contribution in [-0.4, -0.2) is 40.5 Å². The smallest absolute Gasteiger partial charge is 0.308 e. The van der Waals surface area contributed by atoms with Gasteiger partial charge < -0.3 is 14.4 Å². The van der Waals surface area contributed by atoms with Crippen LogP contribution in [0.25, 0.3) is 10.6 Å². The van der Waals surface area contributed by atoms with E-state index in [1.54, 1.807) is 37.9 Å². The fraction of sp³-hybridized carbons (Fsp3) is 0.308. The molecule has 6 nitrogen and oxygen atoms in total. The van der Waals surface area contributed by atoms with Gasteiger partial charge in [-0.05, 0) is 6.07 Å². The average molecular weight is 294 g/mol. The van der Waals surface area contributed by atoms with Gasteiger partial charge in [-0.1, -0.05) is 6.92 Å². The molecule has 1 amide bonds. The highest BCUT2D eigenvalue weighted by Gasteiger charge is 2.20. The minimum absolute atomic E-state index is 0.146. The van der Waals surface area contributed by atoms with Crippen LogP contribution in [0.5, 0.6) is 0 Å². The number of nitrogens with zero attached hydrogens (tertiary/aromatic N) is 2. The van der Waals surface area contributed by atoms with Crippen LogP contribution in [0.2, 0.25) is 0 Å². The van der Waals surface area contributed by atoms with Crippen LogP contribution in [0.3, 0.4) is 0 Å². The Labute approximate surface area is 119 Å². The Morgan fingerprint density at radius 2 is 2.30 bits per heavy atom. The van der Waals surface area contributed by atoms with Crippen LogP contribution in [0.1, 0.15) is 17.4 Å². The van der Waals surface area contributed by atoms with E-state index in [1.165, 1.54) is 16.2 Å². The third-order valence-corrected chi connectivity index (χ3v) is 3.70. The van der Waals surface area contributed by atoms with Crippen LogP contribution in [0.15, 0.2) is 28.4 Å². The summed E-state index contributed by atoms with van der Waals surface area (Å²) >= 11 is 1.34. The predicted octanol–water partition coefficient (Wildman–Crippen LogP) is 2.20. The second-order valence-corrected chi connectivity index (χ2v) is 5.33. The maximum atomic E-state index is 12.1. The molecule has 0 bridgehead atoms. The Hall–Kier alpha value is -2.15. The van der Waals surface area contributed by atoms with Crippen LogP contribution in [0, 0.1) is 5.92 Å². The molecule has 0 saturated heterocycles. The molecule has 1 unspecified atom stereocenters. The first-order chi connectivity index (χ1) is 9.49. The highest BCUT2D eigenvalue weighted by molar-refractivity contribution is 7.13. The number of rotatable bonds is 5. The fourth-order valence-corrected chi connectivity index (χ4v) is 2.44. The molecule has 2 aromatic heterocycles. The lowest BCUT2D eigenvalue weighted by Gasteiger charge is -2.18. The van der Waals surface area contributed by atoms with Crippen molar-refractivity contribution in [1.82, 2.24) is 9.88 Å². The molecule has 2 rings (SSSR count). The van der Waals surface area contributed by atoms with Gasteiger partial charge in [-0.15, -0.1) is 11.3 Å². The number of aliphatic carboxylic acids is 1. The molecular formula is C13H14N2O4S. The summed E-state index contributed by atoms with van der Waals surface area (Å²) < 4.78 is 4.97. The van der Waals surface area contributed by atoms with Crippen molar-refractivity contribution in [3.63, 3.8) is 0 Å². The van der Waals surface area contributed by atoms with Crippen molar-refractivity contribution in [2.45, 2.75) is 6.92 Å². The van der Waals surface area contributed by atoms with Crippen LogP contribution in [0.4, 0.5) is 0 Å². The third-order valence-electron chi connectivity index (χ3n) is 2.81. The van der Waals surface area contributed by atoms with Gasteiger partial charge in [0, 0.05) is 24.5 Å². The van der Waals surface area contributed by atoms with E-state index < -0.39 is 11.9 Å². The number of carboxylic acid groups (broad SMARTS) is 1. The molecule has 20 heavy (non-hydrogen) atoms. The van der Waals surface area contributed by atoms with E-state index in [0.717, 1.165) is 5.56 Å². The molecule has 0 spiro atoms. The first kappa shape index (κ1) is 14.3. The molecule has 0 aromatic carbocycles. The lowest BCUT2D eigenvalue weighted by molar-refractivity contribution is -0.141. The van der Waals surface area contributed by atoms with Crippen LogP contribution < -0.4 is 0 Å². The zero-order chi connectivity index (χ0) is 14.7. The van der Waals surface area contributed by atoms with Gasteiger partial charge in [-0.25, -0.2) is 4.98 Å². The SMILES string of the molecule is CC(CN(C)C(=O)c1csc(-c2ccoc2)n1)C(=O)O. The molecule has 0 aliphatic heterocycles. The van der Waals surface area contributed by atoms with Crippen molar-refractivity contribution in [3.05, 3.63) is 29.7 Å². The van der Waals surface area contributed by atoms with Crippen LogP contribution in [-0.2, 0) is 4.79 Å². The van der Waals surface area contributed by atoms with E-state index in [4.69, 9.17) is 9.52 Å². The molecule has 0 aliphatic rings. The molecule has 0 radical (unpaired) electrons. The van der Waals surface area contributed by atoms with Gasteiger partial charge in [0.25, 0.3) is 5.91 Å². The normalized spacial score (nSPS) is 12.1. The van der Waals surface area contributed by atoms with E-state index in [1.807, 2.05) is 0 Å². The Balaban J connectivity index is 2.08. The van der Waals surface area contributed by atoms with Gasteiger partial charge in [0.15, 0.2) is 0 Å². The van der Waals surface area contributed by atoms with Gasteiger partial charge in [0.2, 0.25) is 0 Å². The van der Waals surface area contributed by atoms with Crippen molar-refractivity contribution in [2.24, 2.45) is 5.92 Å². The zero-order valence-corrected chi connectivity index (χ0v) is 11.9. The summed E-state index contributed by atoms with van der Waals surface area (Å²) in [7, 11) is 1.57. The van der Waals surface area contributed by atoms with Gasteiger partial charge in [-0.2, -0.15) is 0 Å². The van der Waals surface area contributed by atoms with E-state index in [-0.39, 0.29) is 12.5 Å². The van der Waals surface area contributed by atoms with E-state index in [9.17, 15) is 9.59 Å². The Bertz CT molecular complexity index is 606. The summed E-state index contributed by atoms with van der Waals surface area (Å²) in [5.74, 6) is -1.83. The molecule has 0 aliphatic carbocycles. The molecule has 0 fully saturated rings. The lowest BCUT2D eigenvalue weighted by Crippen LogP contribution is -2.33. The highest BCUT2D eigenvalue weighted by Crippen LogP contribution is 2.24. The number of thiazole rings is 1. The quantitative estimate of drug-likeness (QED) is 0.914. The zero-order valence-electron chi connectivity index (χ0n) is 11.1. The average Bonchev–Trinajstić information content (AvgIpc) is 3.07. The summed E-state index contributed by atoms with van der Waals surface area (Å²) in [5.41, 5.74) is 1.13. The van der Waals surface area contributed by atoms with Crippen LogP contribution >= 0.6 is 11.3 Å². The summed E-state index contributed by atoms with van der Waals surface area (Å²) in [6.07, 6.45) is 3.10. The number of aromatic nitrogens is 1. The molecule has 106 valence electrons. The number of hydrogen-bond donors (Lipinski definition) is 1. The van der Waals surface area contributed by atoms with E-state index in [2.05, 4.69) is 4.98 Å². The van der Waals surface area contributed by atoms with Crippen molar-refractivity contribution in [2.75, 3.05) is 13.6 Å². The fourth-order valence-electron chi connectivity index (χ4n) is 1.66. The number of amides is 1. The predicted molar refractivity (Wildman–Crippen MR) is 73.6 cm³/mol. The molecule has 1 atom stereocenters. The Morgan fingerprint density at radius 1 is 1.55 bits per heavy atom. The maximum Gasteiger partial charge on any atom is 0.308 e. The molecule has 1 N–H and O–H groups in total. The number of carbonyl (C=O) groups is 2. The van der Waals surface area contributed by atoms with Gasteiger partial charge >= 0.3 is 5.97 Å². The number of carboxylic acids is 1. The first-order valence-electron chi connectivity index (χ1n) is 5.95. The lowest BCUT2D eigenvalue weighted by atomic mass is 10.2. The van der Waals surface area contributed by atoms with E-state index in [0.29, 0.717) is 10.7 Å².